The van der Waals surface area contributed by atoms with Gasteiger partial charge in [-0.1, -0.05) is 12.1 Å². The van der Waals surface area contributed by atoms with Gasteiger partial charge in [0.15, 0.2) is 40.1 Å². The number of hydrogen-bond donors (Lipinski definition) is 16. The number of nitriles is 6. The molecule has 0 saturated heterocycles. The Balaban J connectivity index is 0.000000249. The van der Waals surface area contributed by atoms with Gasteiger partial charge in [-0.25, -0.2) is 9.97 Å². The highest BCUT2D eigenvalue weighted by Gasteiger charge is 2.31. The number of pyridine rings is 2. The highest BCUT2D eigenvalue weighted by Crippen LogP contribution is 2.46. The van der Waals surface area contributed by atoms with Gasteiger partial charge in [0.05, 0.1) is 73.2 Å². The first kappa shape index (κ1) is 102. The largest absolute Gasteiger partial charge is 0.506 e. The summed E-state index contributed by atoms with van der Waals surface area (Å²) in [5, 5.41) is 277. The van der Waals surface area contributed by atoms with Crippen LogP contribution < -0.4 is 9.47 Å². The summed E-state index contributed by atoms with van der Waals surface area (Å²) in [6.45, 7) is 3.97. The lowest BCUT2D eigenvalue weighted by atomic mass is 10.0. The zero-order valence-electron chi connectivity index (χ0n) is 68.8. The molecule has 0 atom stereocenters. The van der Waals surface area contributed by atoms with Gasteiger partial charge in [-0.15, -0.1) is 0 Å². The van der Waals surface area contributed by atoms with E-state index in [4.69, 9.17) is 30.5 Å². The number of amides is 1. The van der Waals surface area contributed by atoms with E-state index in [0.29, 0.717) is 13.1 Å². The molecule has 16 N–H and O–H groups in total. The summed E-state index contributed by atoms with van der Waals surface area (Å²) < 4.78 is 9.71. The number of aliphatic hydroxyl groups is 6. The molecule has 135 heavy (non-hydrogen) atoms. The minimum Gasteiger partial charge on any atom is -0.506 e. The summed E-state index contributed by atoms with van der Waals surface area (Å²) in [5.74, 6) is -13.2. The second-order valence-corrected chi connectivity index (χ2v) is 25.3. The zero-order chi connectivity index (χ0) is 101. The Bertz CT molecular complexity index is 6450. The van der Waals surface area contributed by atoms with Crippen molar-refractivity contribution in [1.82, 2.24) is 44.8 Å². The van der Waals surface area contributed by atoms with Gasteiger partial charge in [0.1, 0.15) is 117 Å². The maximum atomic E-state index is 12.2. The fourth-order valence-electron chi connectivity index (χ4n) is 10.8. The molecule has 0 bridgehead atoms. The van der Waals surface area contributed by atoms with E-state index in [9.17, 15) is 158 Å². The molecule has 0 unspecified atom stereocenters. The van der Waals surface area contributed by atoms with Crippen molar-refractivity contribution in [2.45, 2.75) is 13.8 Å². The Morgan fingerprint density at radius 2 is 0.600 bits per heavy atom. The van der Waals surface area contributed by atoms with Crippen LogP contribution in [0, 0.1) is 129 Å². The lowest BCUT2D eigenvalue weighted by Gasteiger charge is -2.18. The molecule has 11 aromatic rings. The van der Waals surface area contributed by atoms with E-state index in [0.717, 1.165) is 67.0 Å². The molecule has 52 heteroatoms. The molecular weight excluding hydrogens is 1790 g/mol. The number of carbonyl (C=O) groups excluding carboxylic acids is 1. The number of ether oxygens (including phenoxy) is 2. The molecule has 0 spiro atoms. The summed E-state index contributed by atoms with van der Waals surface area (Å²) in [4.78, 5) is 104. The van der Waals surface area contributed by atoms with Crippen LogP contribution in [-0.4, -0.2) is 189 Å². The highest BCUT2D eigenvalue weighted by molar-refractivity contribution is 6.04. The average molecular weight is 1850 g/mol. The van der Waals surface area contributed by atoms with Gasteiger partial charge in [-0.3, -0.25) is 95.4 Å². The Kier molecular flexibility index (Phi) is 35.6. The van der Waals surface area contributed by atoms with Crippen LogP contribution in [-0.2, 0) is 4.79 Å². The number of nitro groups is 6. The van der Waals surface area contributed by atoms with Gasteiger partial charge >= 0.3 is 34.1 Å². The van der Waals surface area contributed by atoms with E-state index < -0.39 is 167 Å². The summed E-state index contributed by atoms with van der Waals surface area (Å²) in [7, 11) is 2.42. The second kappa shape index (κ2) is 47.0. The van der Waals surface area contributed by atoms with Crippen LogP contribution in [0.3, 0.4) is 0 Å². The predicted molar refractivity (Wildman–Crippen MR) is 461 cm³/mol. The van der Waals surface area contributed by atoms with Crippen LogP contribution in [0.2, 0.25) is 0 Å². The predicted octanol–water partition coefficient (Wildman–Crippen LogP) is 12.2. The molecule has 0 saturated carbocycles. The van der Waals surface area contributed by atoms with Gasteiger partial charge in [0.2, 0.25) is 34.5 Å². The van der Waals surface area contributed by atoms with E-state index in [-0.39, 0.29) is 101 Å². The third-order valence-electron chi connectivity index (χ3n) is 17.3. The molecule has 0 aliphatic heterocycles. The quantitative estimate of drug-likeness (QED) is 0.00748. The number of phenolic OH excluding ortho intramolecular Hbond substituents is 10. The van der Waals surface area contributed by atoms with E-state index in [2.05, 4.69) is 39.9 Å². The number of benzene rings is 6. The molecule has 1 amide bonds. The van der Waals surface area contributed by atoms with Crippen molar-refractivity contribution in [3.63, 3.8) is 0 Å². The Hall–Kier alpha value is -21.5. The SMILES string of the molecule is CCN(CC)C(=O)/C(C#N)=C(\O)c1cc(O)c(O)c([N+](=O)[O-])c1.COc1cc(/C(O)=C(\C#N)c2ccccn2)cc([N+](=O)[O-])c1O.COc1cc(/C(O)=C(\C#N)c2cnccn2)cc([N+](=O)[O-])c1O.N#C/C(=C(/O)c1cc(O)c(O)c([N+](=O)[O-])c1)c1ccccn1.N#C/C(=C(/O)c1cc(O)c(O)c([N+](=O)[O-])c1)c1ccncn1.N#C/C(=C(/O)c1cc(O)c(O)c([N+](=O)[O-])c1)c1cnccn1. The summed E-state index contributed by atoms with van der Waals surface area (Å²) in [6, 6.07) is 32.2. The fourth-order valence-corrected chi connectivity index (χ4v) is 10.8. The smallest absolute Gasteiger partial charge is 0.315 e. The van der Waals surface area contributed by atoms with E-state index in [1.54, 1.807) is 68.5 Å². The normalized spacial score (nSPS) is 11.4. The minimum absolute atomic E-state index is 0.0476. The summed E-state index contributed by atoms with van der Waals surface area (Å²) >= 11 is 0. The molecule has 684 valence electrons. The van der Waals surface area contributed by atoms with Crippen molar-refractivity contribution in [3.8, 4) is 105 Å². The van der Waals surface area contributed by atoms with Crippen LogP contribution in [0.25, 0.3) is 62.4 Å². The van der Waals surface area contributed by atoms with Crippen LogP contribution in [0.15, 0.2) is 183 Å². The van der Waals surface area contributed by atoms with Gasteiger partial charge in [-0.2, -0.15) is 31.6 Å². The number of likely N-dealkylation sites (N-methyl/N-ethyl adjacent to an activating group) is 1. The van der Waals surface area contributed by atoms with Crippen LogP contribution in [0.5, 0.6) is 69.0 Å². The number of aromatic hydroxyl groups is 10. The van der Waals surface area contributed by atoms with Crippen molar-refractivity contribution in [2.24, 2.45) is 0 Å². The number of aliphatic hydroxyl groups excluding tert-OH is 6. The van der Waals surface area contributed by atoms with Gasteiger partial charge in [0.25, 0.3) is 5.91 Å². The molecule has 6 aromatic carbocycles. The Labute approximate surface area is 753 Å². The van der Waals surface area contributed by atoms with Crippen molar-refractivity contribution in [2.75, 3.05) is 27.3 Å². The number of carbonyl (C=O) groups is 1. The fraction of sp³-hybridized carbons (Fsp3) is 0.0723. The number of nitro benzene ring substituents is 6. The van der Waals surface area contributed by atoms with E-state index in [1.165, 1.54) is 105 Å². The third kappa shape index (κ3) is 25.0. The molecule has 11 rings (SSSR count). The minimum atomic E-state index is -0.972. The van der Waals surface area contributed by atoms with E-state index in [1.807, 2.05) is 6.07 Å². The average Bonchev–Trinajstić information content (AvgIpc) is 0.835. The summed E-state index contributed by atoms with van der Waals surface area (Å²) in [5.41, 5.74) is -6.79. The number of methoxy groups -OCH3 is 2. The molecule has 5 aromatic heterocycles. The van der Waals surface area contributed by atoms with Crippen molar-refractivity contribution in [1.29, 1.82) is 31.6 Å². The number of rotatable bonds is 22. The Morgan fingerprint density at radius 3 is 0.830 bits per heavy atom. The third-order valence-corrected chi connectivity index (χ3v) is 17.3. The van der Waals surface area contributed by atoms with Crippen LogP contribution in [0.1, 0.15) is 75.7 Å². The number of phenols is 10. The number of nitrogens with zero attached hydrogens (tertiary/aromatic N) is 21. The molecule has 0 aliphatic rings. The molecule has 0 aliphatic carbocycles. The van der Waals surface area contributed by atoms with Gasteiger partial charge in [-0.05, 0) is 80.6 Å². The molecule has 0 fully saturated rings. The first-order valence-corrected chi connectivity index (χ1v) is 36.5. The monoisotopic (exact) mass is 1850 g/mol. The number of hydrogen-bond acceptors (Lipinski definition) is 45. The first-order chi connectivity index (χ1) is 64.1. The van der Waals surface area contributed by atoms with Gasteiger partial charge in [0, 0.05) is 126 Å². The second-order valence-electron chi connectivity index (χ2n) is 25.3. The zero-order valence-corrected chi connectivity index (χ0v) is 68.8. The maximum absolute atomic E-state index is 12.2. The maximum Gasteiger partial charge on any atom is 0.315 e. The van der Waals surface area contributed by atoms with E-state index >= 15 is 0 Å². The Morgan fingerprint density at radius 1 is 0.333 bits per heavy atom. The topological polar surface area (TPSA) is 867 Å². The summed E-state index contributed by atoms with van der Waals surface area (Å²) in [6.07, 6.45) is 13.3. The molecular formula is C83H61N21O31. The molecule has 0 radical (unpaired) electrons. The van der Waals surface area contributed by atoms with Crippen molar-refractivity contribution < 1.29 is 126 Å². The standard InChI is InChI=1S/C15H11N3O5.C14H10N4O5.C14H15N3O6.C14H9N3O5.2C13H8N4O5/c1-23-13-7-9(6-12(15(13)20)18(21)22)14(19)10(8-16)11-4-2-3-5-17-11;1-23-12-5-8(4-11(14(12)20)18(21)22)13(19)9(6-15)10-7-16-2-3-17-10;1-3-16(4-2)14(21)9(7-15)12(19)8-5-10(17(22)23)13(20)11(18)6-8;15-7-9(10-3-1-2-4-16-10)13(19)8-5-11(17(21)22)14(20)12(18)6-8;14-5-8(9-6-15-1-2-16-9)12(19)7-3-10(17(21)22)13(20)11(18)4-7;14-5-8(9-1-2-15-6-16-9)12(19)7-3-10(17(21)22)13(20)11(18)4-7/h2-7,19-20H,1H3;2-5,7,19-20H,1H3;5-6,18-20H,3-4H2,1-2H3;1-6,18-20H;2*1-4,6,18-20H/b14-10-;13-9-;12-9-;13-9-;2*12-8-. The van der Waals surface area contributed by atoms with Crippen LogP contribution >= 0.6 is 0 Å². The molecule has 52 nitrogen and oxygen atoms in total. The van der Waals surface area contributed by atoms with Crippen molar-refractivity contribution >= 4 is 102 Å². The molecule has 5 heterocycles. The van der Waals surface area contributed by atoms with Gasteiger partial charge < -0.3 is 96.1 Å². The number of aromatic nitrogens is 8. The lowest BCUT2D eigenvalue weighted by molar-refractivity contribution is -0.386. The van der Waals surface area contributed by atoms with Crippen molar-refractivity contribution in [3.05, 3.63) is 305 Å². The number of allylic oxidation sites excluding steroid dienone is 5. The highest BCUT2D eigenvalue weighted by atomic mass is 16.7. The first-order valence-electron chi connectivity index (χ1n) is 36.5. The van der Waals surface area contributed by atoms with Crippen LogP contribution in [0.4, 0.5) is 34.1 Å². The lowest BCUT2D eigenvalue weighted by Crippen LogP contribution is -2.31.